The number of nitrogens with one attached hydrogen (secondary N) is 1. The number of esters is 1. The minimum absolute atomic E-state index is 0. The van der Waals surface area contributed by atoms with E-state index in [-0.39, 0.29) is 7.40 Å². The normalized spacial score (nSPS) is 9.00. The van der Waals surface area contributed by atoms with Gasteiger partial charge < -0.3 is 9.72 Å². The molecule has 0 atom stereocenters. The van der Waals surface area contributed by atoms with Gasteiger partial charge in [-0.05, 0) is 12.1 Å². The Kier molecular flexibility index (Phi) is 1.53. The van der Waals surface area contributed by atoms with Gasteiger partial charge in [-0.1, -0.05) is 0 Å². The highest BCUT2D eigenvalue weighted by Gasteiger charge is 2.02. The van der Waals surface area contributed by atoms with E-state index in [4.69, 9.17) is 0 Å². The standard InChI is InChI=1S/C6H7NO2.H2/c1-9-6(8)5-3-2-4-7-5;/h2-4,7H,1H3;1H. The van der Waals surface area contributed by atoms with Gasteiger partial charge in [0.1, 0.15) is 5.69 Å². The second kappa shape index (κ2) is 2.35. The number of aromatic nitrogens is 1. The second-order valence-corrected chi connectivity index (χ2v) is 1.58. The summed E-state index contributed by atoms with van der Waals surface area (Å²) in [5.74, 6) is -0.333. The number of ether oxygens (including phenoxy) is 1. The summed E-state index contributed by atoms with van der Waals surface area (Å²) in [5.41, 5.74) is 0.484. The number of hydrogen-bond acceptors (Lipinski definition) is 2. The van der Waals surface area contributed by atoms with Gasteiger partial charge >= 0.3 is 5.97 Å². The van der Waals surface area contributed by atoms with Gasteiger partial charge in [0.05, 0.1) is 7.11 Å². The van der Waals surface area contributed by atoms with Crippen LogP contribution in [0.2, 0.25) is 0 Å². The third-order valence-corrected chi connectivity index (χ3v) is 1.00. The molecule has 50 valence electrons. The van der Waals surface area contributed by atoms with Crippen molar-refractivity contribution < 1.29 is 11.0 Å². The molecule has 0 saturated heterocycles. The van der Waals surface area contributed by atoms with E-state index in [0.717, 1.165) is 0 Å². The zero-order valence-corrected chi connectivity index (χ0v) is 5.05. The number of hydrogen-bond donors (Lipinski definition) is 1. The van der Waals surface area contributed by atoms with Crippen molar-refractivity contribution in [3.8, 4) is 0 Å². The molecule has 0 spiro atoms. The third-order valence-electron chi connectivity index (χ3n) is 1.00. The van der Waals surface area contributed by atoms with Crippen molar-refractivity contribution in [1.82, 2.24) is 4.98 Å². The molecule has 0 radical (unpaired) electrons. The van der Waals surface area contributed by atoms with Crippen molar-refractivity contribution in [2.24, 2.45) is 0 Å². The summed E-state index contributed by atoms with van der Waals surface area (Å²) in [5, 5.41) is 0. The van der Waals surface area contributed by atoms with E-state index in [1.165, 1.54) is 7.11 Å². The molecule has 1 aromatic heterocycles. The maximum atomic E-state index is 10.6. The molecule has 9 heavy (non-hydrogen) atoms. The van der Waals surface area contributed by atoms with E-state index < -0.39 is 0 Å². The lowest BCUT2D eigenvalue weighted by atomic mass is 10.4. The molecule has 0 aliphatic carbocycles. The van der Waals surface area contributed by atoms with Crippen LogP contribution in [0.3, 0.4) is 0 Å². The van der Waals surface area contributed by atoms with Crippen molar-refractivity contribution in [3.63, 3.8) is 0 Å². The molecule has 0 aliphatic rings. The Morgan fingerprint density at radius 1 is 1.89 bits per heavy atom. The first-order chi connectivity index (χ1) is 4.34. The van der Waals surface area contributed by atoms with E-state index in [1.807, 2.05) is 0 Å². The fraction of sp³-hybridized carbons (Fsp3) is 0.167. The molecule has 1 heterocycles. The van der Waals surface area contributed by atoms with Crippen LogP contribution in [-0.4, -0.2) is 18.1 Å². The Balaban J connectivity index is 0.000000810. The summed E-state index contributed by atoms with van der Waals surface area (Å²) < 4.78 is 4.42. The molecule has 1 rings (SSSR count). The van der Waals surface area contributed by atoms with Gasteiger partial charge in [-0.3, -0.25) is 0 Å². The van der Waals surface area contributed by atoms with Gasteiger partial charge in [0, 0.05) is 7.62 Å². The quantitative estimate of drug-likeness (QED) is 0.573. The van der Waals surface area contributed by atoms with E-state index in [1.54, 1.807) is 18.3 Å². The Bertz CT molecular complexity index is 196. The topological polar surface area (TPSA) is 42.1 Å². The van der Waals surface area contributed by atoms with Gasteiger partial charge in [0.25, 0.3) is 0 Å². The van der Waals surface area contributed by atoms with Gasteiger partial charge in [-0.25, -0.2) is 4.79 Å². The van der Waals surface area contributed by atoms with Gasteiger partial charge in [0.2, 0.25) is 0 Å². The molecule has 3 heteroatoms. The van der Waals surface area contributed by atoms with Crippen LogP contribution in [0.5, 0.6) is 0 Å². The number of aromatic amines is 1. The van der Waals surface area contributed by atoms with Crippen LogP contribution in [0.1, 0.15) is 11.9 Å². The number of carbonyl (C=O) groups is 1. The molecule has 0 unspecified atom stereocenters. The SMILES string of the molecule is COC(=O)c1ccc[nH]1.[HH]. The summed E-state index contributed by atoms with van der Waals surface area (Å²) in [7, 11) is 1.35. The smallest absolute Gasteiger partial charge is 0.354 e. The minimum Gasteiger partial charge on any atom is -0.464 e. The average Bonchev–Trinajstić information content (AvgIpc) is 2.37. The summed E-state index contributed by atoms with van der Waals surface area (Å²) in [4.78, 5) is 13.3. The van der Waals surface area contributed by atoms with E-state index in [2.05, 4.69) is 9.72 Å². The fourth-order valence-electron chi connectivity index (χ4n) is 0.567. The van der Waals surface area contributed by atoms with Crippen molar-refractivity contribution in [3.05, 3.63) is 24.0 Å². The number of rotatable bonds is 1. The predicted molar refractivity (Wildman–Crippen MR) is 34.2 cm³/mol. The first-order valence-electron chi connectivity index (χ1n) is 2.56. The largest absolute Gasteiger partial charge is 0.464 e. The average molecular weight is 127 g/mol. The molecule has 1 aromatic rings. The monoisotopic (exact) mass is 127 g/mol. The molecule has 3 nitrogen and oxygen atoms in total. The van der Waals surface area contributed by atoms with Crippen LogP contribution >= 0.6 is 0 Å². The molecule has 0 aromatic carbocycles. The van der Waals surface area contributed by atoms with Gasteiger partial charge in [0.15, 0.2) is 0 Å². The lowest BCUT2D eigenvalue weighted by Gasteiger charge is -1.91. The Morgan fingerprint density at radius 2 is 2.67 bits per heavy atom. The zero-order valence-electron chi connectivity index (χ0n) is 5.05. The first-order valence-corrected chi connectivity index (χ1v) is 2.56. The number of carbonyl (C=O) groups excluding carboxylic acids is 1. The molecule has 0 fully saturated rings. The highest BCUT2D eigenvalue weighted by Crippen LogP contribution is 1.94. The number of methoxy groups -OCH3 is 1. The second-order valence-electron chi connectivity index (χ2n) is 1.58. The van der Waals surface area contributed by atoms with Crippen molar-refractivity contribution in [2.75, 3.05) is 7.11 Å². The van der Waals surface area contributed by atoms with Crippen LogP contribution in [-0.2, 0) is 4.74 Å². The van der Waals surface area contributed by atoms with Crippen LogP contribution in [0.15, 0.2) is 18.3 Å². The molecule has 0 aliphatic heterocycles. The maximum absolute atomic E-state index is 10.6. The fourth-order valence-corrected chi connectivity index (χ4v) is 0.567. The van der Waals surface area contributed by atoms with E-state index >= 15 is 0 Å². The Hall–Kier alpha value is -1.25. The summed E-state index contributed by atoms with van der Waals surface area (Å²) in [6.07, 6.45) is 1.67. The zero-order chi connectivity index (χ0) is 6.69. The summed E-state index contributed by atoms with van der Waals surface area (Å²) >= 11 is 0. The summed E-state index contributed by atoms with van der Waals surface area (Å²) in [6.45, 7) is 0. The van der Waals surface area contributed by atoms with Crippen molar-refractivity contribution in [2.45, 2.75) is 0 Å². The number of H-pyrrole nitrogens is 1. The van der Waals surface area contributed by atoms with E-state index in [0.29, 0.717) is 5.69 Å². The van der Waals surface area contributed by atoms with Gasteiger partial charge in [-0.15, -0.1) is 0 Å². The lowest BCUT2D eigenvalue weighted by Crippen LogP contribution is -2.00. The Labute approximate surface area is 54.1 Å². The van der Waals surface area contributed by atoms with E-state index in [9.17, 15) is 4.79 Å². The van der Waals surface area contributed by atoms with Crippen LogP contribution in [0, 0.1) is 0 Å². The molecule has 0 amide bonds. The summed E-state index contributed by atoms with van der Waals surface area (Å²) in [6, 6.07) is 3.40. The van der Waals surface area contributed by atoms with Crippen LogP contribution in [0.4, 0.5) is 0 Å². The Morgan fingerprint density at radius 3 is 3.11 bits per heavy atom. The molecule has 1 N–H and O–H groups in total. The third kappa shape index (κ3) is 1.10. The highest BCUT2D eigenvalue weighted by atomic mass is 16.5. The maximum Gasteiger partial charge on any atom is 0.354 e. The molecule has 0 bridgehead atoms. The molecule has 0 saturated carbocycles. The van der Waals surface area contributed by atoms with Crippen LogP contribution < -0.4 is 0 Å². The van der Waals surface area contributed by atoms with Gasteiger partial charge in [-0.2, -0.15) is 0 Å². The van der Waals surface area contributed by atoms with Crippen molar-refractivity contribution >= 4 is 5.97 Å². The lowest BCUT2D eigenvalue weighted by molar-refractivity contribution is 0.0595. The minimum atomic E-state index is -0.333. The van der Waals surface area contributed by atoms with Crippen molar-refractivity contribution in [1.29, 1.82) is 0 Å². The highest BCUT2D eigenvalue weighted by molar-refractivity contribution is 5.87. The molecular weight excluding hydrogens is 118 g/mol. The molecular formula is C6H9NO2. The van der Waals surface area contributed by atoms with Crippen LogP contribution in [0.25, 0.3) is 0 Å². The predicted octanol–water partition coefficient (Wildman–Crippen LogP) is 1.05. The first kappa shape index (κ1) is 5.88.